The number of benzene rings is 1. The summed E-state index contributed by atoms with van der Waals surface area (Å²) in [6, 6.07) is 6.46. The molecule has 0 spiro atoms. The fraction of sp³-hybridized carbons (Fsp3) is 0.154. The van der Waals surface area contributed by atoms with Crippen molar-refractivity contribution in [2.45, 2.75) is 13.8 Å². The van der Waals surface area contributed by atoms with Crippen molar-refractivity contribution in [1.29, 1.82) is 0 Å². The fourth-order valence-corrected chi connectivity index (χ4v) is 1.84. The van der Waals surface area contributed by atoms with Gasteiger partial charge < -0.3 is 4.74 Å². The van der Waals surface area contributed by atoms with E-state index in [4.69, 9.17) is 16.3 Å². The number of rotatable bonds is 3. The summed E-state index contributed by atoms with van der Waals surface area (Å²) in [5.41, 5.74) is 1.42. The molecule has 0 aliphatic rings. The van der Waals surface area contributed by atoms with Gasteiger partial charge in [0, 0.05) is 18.3 Å². The predicted octanol–water partition coefficient (Wildman–Crippen LogP) is 4.05. The molecule has 1 aromatic carbocycles. The number of hydrogen-bond acceptors (Lipinski definition) is 4. The van der Waals surface area contributed by atoms with Crippen LogP contribution in [0.2, 0.25) is 5.02 Å². The number of aryl methyl sites for hydroxylation is 2. The first-order valence-electron chi connectivity index (χ1n) is 5.52. The molecule has 5 nitrogen and oxygen atoms in total. The van der Waals surface area contributed by atoms with Crippen LogP contribution in [0.3, 0.4) is 0 Å². The van der Waals surface area contributed by atoms with Crippen molar-refractivity contribution >= 4 is 17.3 Å². The number of aromatic nitrogens is 1. The summed E-state index contributed by atoms with van der Waals surface area (Å²) in [5.74, 6) is 0.463. The predicted molar refractivity (Wildman–Crippen MR) is 71.9 cm³/mol. The van der Waals surface area contributed by atoms with Crippen LogP contribution in [0.5, 0.6) is 11.6 Å². The quantitative estimate of drug-likeness (QED) is 0.627. The van der Waals surface area contributed by atoms with Crippen LogP contribution >= 0.6 is 11.6 Å². The van der Waals surface area contributed by atoms with Crippen molar-refractivity contribution in [1.82, 2.24) is 4.98 Å². The second-order valence-corrected chi connectivity index (χ2v) is 4.54. The summed E-state index contributed by atoms with van der Waals surface area (Å²) < 4.78 is 5.50. The Bertz CT molecular complexity index is 627. The first-order chi connectivity index (χ1) is 8.97. The molecular formula is C13H11ClN2O3. The molecule has 0 N–H and O–H groups in total. The maximum atomic E-state index is 11.1. The lowest BCUT2D eigenvalue weighted by molar-refractivity contribution is -0.385. The Balaban J connectivity index is 2.44. The topological polar surface area (TPSA) is 65.3 Å². The lowest BCUT2D eigenvalue weighted by Crippen LogP contribution is -1.97. The summed E-state index contributed by atoms with van der Waals surface area (Å²) in [5, 5.41) is 11.5. The van der Waals surface area contributed by atoms with Gasteiger partial charge in [-0.25, -0.2) is 4.98 Å². The summed E-state index contributed by atoms with van der Waals surface area (Å²) in [6.45, 7) is 3.55. The monoisotopic (exact) mass is 278 g/mol. The van der Waals surface area contributed by atoms with Crippen LogP contribution in [0.15, 0.2) is 30.5 Å². The third-order valence-electron chi connectivity index (χ3n) is 2.50. The van der Waals surface area contributed by atoms with E-state index in [1.165, 1.54) is 12.3 Å². The Labute approximate surface area is 115 Å². The van der Waals surface area contributed by atoms with Gasteiger partial charge in [-0.3, -0.25) is 10.1 Å². The SMILES string of the molecule is Cc1cc(C)c(Oc2ccc(Cl)cn2)c([N+](=O)[O-])c1. The molecule has 98 valence electrons. The number of nitrogens with zero attached hydrogens (tertiary/aromatic N) is 2. The molecule has 0 saturated heterocycles. The van der Waals surface area contributed by atoms with Gasteiger partial charge in [-0.15, -0.1) is 0 Å². The molecule has 0 amide bonds. The Kier molecular flexibility index (Phi) is 3.66. The lowest BCUT2D eigenvalue weighted by Gasteiger charge is -2.09. The molecule has 1 aromatic heterocycles. The molecule has 0 atom stereocenters. The maximum Gasteiger partial charge on any atom is 0.312 e. The standard InChI is InChI=1S/C13H11ClN2O3/c1-8-5-9(2)13(11(6-8)16(17)18)19-12-4-3-10(14)7-15-12/h3-7H,1-2H3. The molecule has 0 radical (unpaired) electrons. The molecule has 19 heavy (non-hydrogen) atoms. The molecule has 0 unspecified atom stereocenters. The molecule has 2 aromatic rings. The first-order valence-corrected chi connectivity index (χ1v) is 5.90. The molecule has 0 saturated carbocycles. The van der Waals surface area contributed by atoms with Crippen LogP contribution in [0.25, 0.3) is 0 Å². The summed E-state index contributed by atoms with van der Waals surface area (Å²) in [7, 11) is 0. The van der Waals surface area contributed by atoms with E-state index < -0.39 is 4.92 Å². The van der Waals surface area contributed by atoms with E-state index in [-0.39, 0.29) is 17.3 Å². The van der Waals surface area contributed by atoms with E-state index in [0.29, 0.717) is 10.6 Å². The average Bonchev–Trinajstić information content (AvgIpc) is 2.34. The maximum absolute atomic E-state index is 11.1. The number of nitro groups is 1. The smallest absolute Gasteiger partial charge is 0.312 e. The van der Waals surface area contributed by atoms with Crippen molar-refractivity contribution in [3.63, 3.8) is 0 Å². The number of halogens is 1. The van der Waals surface area contributed by atoms with Gasteiger partial charge in [-0.1, -0.05) is 17.7 Å². The molecule has 0 bridgehead atoms. The highest BCUT2D eigenvalue weighted by Gasteiger charge is 2.19. The van der Waals surface area contributed by atoms with Crippen LogP contribution in [-0.2, 0) is 0 Å². The van der Waals surface area contributed by atoms with Gasteiger partial charge in [0.05, 0.1) is 9.95 Å². The van der Waals surface area contributed by atoms with Crippen molar-refractivity contribution in [2.24, 2.45) is 0 Å². The summed E-state index contributed by atoms with van der Waals surface area (Å²) in [6.07, 6.45) is 1.42. The summed E-state index contributed by atoms with van der Waals surface area (Å²) >= 11 is 5.72. The van der Waals surface area contributed by atoms with Crippen LogP contribution in [0.1, 0.15) is 11.1 Å². The minimum absolute atomic E-state index is 0.0748. The van der Waals surface area contributed by atoms with Gasteiger partial charge in [-0.05, 0) is 31.0 Å². The normalized spacial score (nSPS) is 10.3. The van der Waals surface area contributed by atoms with E-state index in [2.05, 4.69) is 4.98 Å². The molecule has 1 heterocycles. The number of pyridine rings is 1. The highest BCUT2D eigenvalue weighted by atomic mass is 35.5. The third kappa shape index (κ3) is 3.00. The molecule has 0 aliphatic carbocycles. The highest BCUT2D eigenvalue weighted by Crippen LogP contribution is 2.35. The zero-order valence-corrected chi connectivity index (χ0v) is 11.1. The minimum atomic E-state index is -0.467. The van der Waals surface area contributed by atoms with Crippen molar-refractivity contribution in [2.75, 3.05) is 0 Å². The van der Waals surface area contributed by atoms with Crippen LogP contribution < -0.4 is 4.74 Å². The van der Waals surface area contributed by atoms with Gasteiger partial charge in [0.1, 0.15) is 0 Å². The highest BCUT2D eigenvalue weighted by molar-refractivity contribution is 6.30. The second kappa shape index (κ2) is 5.24. The molecular weight excluding hydrogens is 268 g/mol. The van der Waals surface area contributed by atoms with E-state index in [0.717, 1.165) is 5.56 Å². The molecule has 6 heteroatoms. The largest absolute Gasteiger partial charge is 0.432 e. The van der Waals surface area contributed by atoms with Crippen molar-refractivity contribution < 1.29 is 9.66 Å². The van der Waals surface area contributed by atoms with E-state index in [1.807, 2.05) is 6.07 Å². The second-order valence-electron chi connectivity index (χ2n) is 4.10. The van der Waals surface area contributed by atoms with Gasteiger partial charge >= 0.3 is 5.69 Å². The van der Waals surface area contributed by atoms with E-state index in [1.54, 1.807) is 26.0 Å². The fourth-order valence-electron chi connectivity index (χ4n) is 1.73. The zero-order chi connectivity index (χ0) is 14.0. The molecule has 0 fully saturated rings. The number of hydrogen-bond donors (Lipinski definition) is 0. The lowest BCUT2D eigenvalue weighted by atomic mass is 10.1. The van der Waals surface area contributed by atoms with E-state index in [9.17, 15) is 10.1 Å². The van der Waals surface area contributed by atoms with Crippen LogP contribution in [-0.4, -0.2) is 9.91 Å². The summed E-state index contributed by atoms with van der Waals surface area (Å²) in [4.78, 5) is 14.5. The zero-order valence-electron chi connectivity index (χ0n) is 10.4. The molecule has 2 rings (SSSR count). The molecule has 0 aliphatic heterocycles. The van der Waals surface area contributed by atoms with Crippen LogP contribution in [0.4, 0.5) is 5.69 Å². The van der Waals surface area contributed by atoms with E-state index >= 15 is 0 Å². The number of nitro benzene ring substituents is 1. The minimum Gasteiger partial charge on any atom is -0.432 e. The van der Waals surface area contributed by atoms with Gasteiger partial charge in [-0.2, -0.15) is 0 Å². The van der Waals surface area contributed by atoms with Gasteiger partial charge in [0.25, 0.3) is 0 Å². The Morgan fingerprint density at radius 3 is 2.63 bits per heavy atom. The van der Waals surface area contributed by atoms with Gasteiger partial charge in [0.2, 0.25) is 11.6 Å². The average molecular weight is 279 g/mol. The third-order valence-corrected chi connectivity index (χ3v) is 2.73. The number of ether oxygens (including phenoxy) is 1. The Morgan fingerprint density at radius 2 is 2.05 bits per heavy atom. The van der Waals surface area contributed by atoms with Gasteiger partial charge in [0.15, 0.2) is 0 Å². The first kappa shape index (κ1) is 13.3. The van der Waals surface area contributed by atoms with Crippen molar-refractivity contribution in [3.8, 4) is 11.6 Å². The van der Waals surface area contributed by atoms with Crippen molar-refractivity contribution in [3.05, 3.63) is 56.7 Å². The Hall–Kier alpha value is -2.14. The van der Waals surface area contributed by atoms with Crippen LogP contribution in [0, 0.1) is 24.0 Å². The Morgan fingerprint density at radius 1 is 1.32 bits per heavy atom.